The van der Waals surface area contributed by atoms with Crippen LogP contribution in [-0.4, -0.2) is 23.8 Å². The molecule has 2 N–H and O–H groups in total. The van der Waals surface area contributed by atoms with E-state index in [0.717, 1.165) is 0 Å². The van der Waals surface area contributed by atoms with Gasteiger partial charge in [-0.25, -0.2) is 5.43 Å². The minimum atomic E-state index is -0.277. The fraction of sp³-hybridized carbons (Fsp3) is 0.300. The molecular formula is C20H24N2O3. The molecule has 0 bridgehead atoms. The van der Waals surface area contributed by atoms with Crippen LogP contribution >= 0.6 is 0 Å². The van der Waals surface area contributed by atoms with Crippen molar-refractivity contribution in [2.75, 3.05) is 6.61 Å². The van der Waals surface area contributed by atoms with Crippen molar-refractivity contribution in [1.29, 1.82) is 0 Å². The summed E-state index contributed by atoms with van der Waals surface area (Å²) in [5, 5.41) is 13.6. The van der Waals surface area contributed by atoms with Gasteiger partial charge in [-0.05, 0) is 53.8 Å². The van der Waals surface area contributed by atoms with E-state index in [2.05, 4.69) is 31.3 Å². The van der Waals surface area contributed by atoms with Crippen LogP contribution in [0, 0.1) is 0 Å². The van der Waals surface area contributed by atoms with Crippen LogP contribution in [0.25, 0.3) is 0 Å². The van der Waals surface area contributed by atoms with E-state index in [1.807, 2.05) is 19.1 Å². The van der Waals surface area contributed by atoms with Gasteiger partial charge in [-0.15, -0.1) is 0 Å². The van der Waals surface area contributed by atoms with Crippen LogP contribution in [0.3, 0.4) is 0 Å². The summed E-state index contributed by atoms with van der Waals surface area (Å²) in [6, 6.07) is 12.4. The Balaban J connectivity index is 2.02. The molecule has 0 heterocycles. The first-order valence-corrected chi connectivity index (χ1v) is 8.21. The van der Waals surface area contributed by atoms with E-state index in [1.165, 1.54) is 17.8 Å². The minimum Gasteiger partial charge on any atom is -0.504 e. The number of rotatable bonds is 5. The Morgan fingerprint density at radius 1 is 1.20 bits per heavy atom. The number of hydrogen-bond donors (Lipinski definition) is 2. The molecule has 0 spiro atoms. The summed E-state index contributed by atoms with van der Waals surface area (Å²) in [6.45, 7) is 8.67. The van der Waals surface area contributed by atoms with Crippen LogP contribution in [0.15, 0.2) is 47.6 Å². The first-order chi connectivity index (χ1) is 11.8. The van der Waals surface area contributed by atoms with Crippen LogP contribution in [0.2, 0.25) is 0 Å². The molecule has 2 aromatic rings. The maximum atomic E-state index is 12.1. The molecule has 5 heteroatoms. The zero-order valence-corrected chi connectivity index (χ0v) is 15.0. The van der Waals surface area contributed by atoms with Crippen molar-refractivity contribution in [2.24, 2.45) is 5.10 Å². The zero-order chi connectivity index (χ0) is 18.4. The predicted octanol–water partition coefficient (Wildman–Crippen LogP) is 3.85. The van der Waals surface area contributed by atoms with Gasteiger partial charge in [-0.2, -0.15) is 5.10 Å². The third-order valence-electron chi connectivity index (χ3n) is 3.68. The number of nitrogens with one attached hydrogen (secondary N) is 1. The fourth-order valence-electron chi connectivity index (χ4n) is 2.23. The van der Waals surface area contributed by atoms with E-state index in [-0.39, 0.29) is 17.1 Å². The number of nitrogens with zero attached hydrogens (tertiary/aromatic N) is 1. The Labute approximate surface area is 148 Å². The molecule has 0 saturated heterocycles. The molecule has 0 atom stereocenters. The Morgan fingerprint density at radius 3 is 2.48 bits per heavy atom. The molecule has 1 amide bonds. The molecule has 0 fully saturated rings. The lowest BCUT2D eigenvalue weighted by molar-refractivity contribution is 0.0955. The number of aromatic hydroxyl groups is 1. The van der Waals surface area contributed by atoms with Gasteiger partial charge in [0.15, 0.2) is 11.5 Å². The molecule has 132 valence electrons. The lowest BCUT2D eigenvalue weighted by Crippen LogP contribution is -2.18. The first kappa shape index (κ1) is 18.5. The van der Waals surface area contributed by atoms with Gasteiger partial charge in [-0.1, -0.05) is 32.9 Å². The quantitative estimate of drug-likeness (QED) is 0.641. The summed E-state index contributed by atoms with van der Waals surface area (Å²) in [5.74, 6) is 0.179. The Kier molecular flexibility index (Phi) is 5.80. The summed E-state index contributed by atoms with van der Waals surface area (Å²) in [4.78, 5) is 12.1. The lowest BCUT2D eigenvalue weighted by atomic mass is 9.87. The molecule has 0 unspecified atom stereocenters. The molecule has 0 radical (unpaired) electrons. The summed E-state index contributed by atoms with van der Waals surface area (Å²) < 4.78 is 5.31. The third kappa shape index (κ3) is 5.08. The SMILES string of the molecule is CCOc1cc(/C=N\NC(=O)c2ccc(C(C)(C)C)cc2)ccc1O. The number of benzene rings is 2. The van der Waals surface area contributed by atoms with Crippen molar-refractivity contribution < 1.29 is 14.6 Å². The van der Waals surface area contributed by atoms with Crippen molar-refractivity contribution in [3.63, 3.8) is 0 Å². The van der Waals surface area contributed by atoms with Crippen molar-refractivity contribution in [1.82, 2.24) is 5.43 Å². The maximum Gasteiger partial charge on any atom is 0.271 e. The number of hydrazone groups is 1. The molecule has 25 heavy (non-hydrogen) atoms. The maximum absolute atomic E-state index is 12.1. The number of phenols is 1. The van der Waals surface area contributed by atoms with Gasteiger partial charge >= 0.3 is 0 Å². The molecule has 2 rings (SSSR count). The number of amides is 1. The predicted molar refractivity (Wildman–Crippen MR) is 99.5 cm³/mol. The molecule has 0 aromatic heterocycles. The Hall–Kier alpha value is -2.82. The summed E-state index contributed by atoms with van der Waals surface area (Å²) in [6.07, 6.45) is 1.50. The second-order valence-corrected chi connectivity index (χ2v) is 6.69. The topological polar surface area (TPSA) is 70.9 Å². The highest BCUT2D eigenvalue weighted by atomic mass is 16.5. The van der Waals surface area contributed by atoms with Gasteiger partial charge in [-0.3, -0.25) is 4.79 Å². The van der Waals surface area contributed by atoms with E-state index in [9.17, 15) is 9.90 Å². The van der Waals surface area contributed by atoms with E-state index in [4.69, 9.17) is 4.74 Å². The highest BCUT2D eigenvalue weighted by Crippen LogP contribution is 2.26. The molecule has 2 aromatic carbocycles. The lowest BCUT2D eigenvalue weighted by Gasteiger charge is -2.18. The largest absolute Gasteiger partial charge is 0.504 e. The highest BCUT2D eigenvalue weighted by Gasteiger charge is 2.14. The van der Waals surface area contributed by atoms with E-state index in [0.29, 0.717) is 23.5 Å². The van der Waals surface area contributed by atoms with Crippen molar-refractivity contribution in [2.45, 2.75) is 33.1 Å². The number of carbonyl (C=O) groups is 1. The van der Waals surface area contributed by atoms with Crippen molar-refractivity contribution >= 4 is 12.1 Å². The van der Waals surface area contributed by atoms with Crippen LogP contribution < -0.4 is 10.2 Å². The number of carbonyl (C=O) groups excluding carboxylic acids is 1. The van der Waals surface area contributed by atoms with Crippen LogP contribution in [-0.2, 0) is 5.41 Å². The molecule has 0 aliphatic carbocycles. The molecule has 5 nitrogen and oxygen atoms in total. The fourth-order valence-corrected chi connectivity index (χ4v) is 2.23. The van der Waals surface area contributed by atoms with Crippen molar-refractivity contribution in [3.8, 4) is 11.5 Å². The Morgan fingerprint density at radius 2 is 1.88 bits per heavy atom. The molecule has 0 saturated carbocycles. The smallest absolute Gasteiger partial charge is 0.271 e. The minimum absolute atomic E-state index is 0.0459. The second-order valence-electron chi connectivity index (χ2n) is 6.69. The van der Waals surface area contributed by atoms with Crippen molar-refractivity contribution in [3.05, 3.63) is 59.2 Å². The molecule has 0 aliphatic rings. The standard InChI is InChI=1S/C20H24N2O3/c1-5-25-18-12-14(6-11-17(18)23)13-21-22-19(24)15-7-9-16(10-8-15)20(2,3)4/h6-13,23H,5H2,1-4H3,(H,22,24)/b21-13-. The number of hydrogen-bond acceptors (Lipinski definition) is 4. The summed E-state index contributed by atoms with van der Waals surface area (Å²) >= 11 is 0. The second kappa shape index (κ2) is 7.83. The normalized spacial score (nSPS) is 11.5. The van der Waals surface area contributed by atoms with Gasteiger partial charge in [0, 0.05) is 5.56 Å². The van der Waals surface area contributed by atoms with Gasteiger partial charge in [0.25, 0.3) is 5.91 Å². The average molecular weight is 340 g/mol. The summed E-state index contributed by atoms with van der Waals surface area (Å²) in [7, 11) is 0. The van der Waals surface area contributed by atoms with Crippen LogP contribution in [0.5, 0.6) is 11.5 Å². The molecular weight excluding hydrogens is 316 g/mol. The monoisotopic (exact) mass is 340 g/mol. The van der Waals surface area contributed by atoms with Gasteiger partial charge in [0.2, 0.25) is 0 Å². The third-order valence-corrected chi connectivity index (χ3v) is 3.68. The van der Waals surface area contributed by atoms with E-state index < -0.39 is 0 Å². The Bertz CT molecular complexity index is 760. The van der Waals surface area contributed by atoms with E-state index >= 15 is 0 Å². The highest BCUT2D eigenvalue weighted by molar-refractivity contribution is 5.95. The van der Waals surface area contributed by atoms with Gasteiger partial charge in [0.1, 0.15) is 0 Å². The molecule has 0 aliphatic heterocycles. The average Bonchev–Trinajstić information content (AvgIpc) is 2.57. The first-order valence-electron chi connectivity index (χ1n) is 8.21. The summed E-state index contributed by atoms with van der Waals surface area (Å²) in [5.41, 5.74) is 4.97. The zero-order valence-electron chi connectivity index (χ0n) is 15.0. The van der Waals surface area contributed by atoms with Gasteiger partial charge < -0.3 is 9.84 Å². The van der Waals surface area contributed by atoms with Crippen LogP contribution in [0.4, 0.5) is 0 Å². The van der Waals surface area contributed by atoms with E-state index in [1.54, 1.807) is 24.3 Å². The van der Waals surface area contributed by atoms with Crippen LogP contribution in [0.1, 0.15) is 49.2 Å². The number of ether oxygens (including phenoxy) is 1. The van der Waals surface area contributed by atoms with Gasteiger partial charge in [0.05, 0.1) is 12.8 Å². The number of phenolic OH excluding ortho intramolecular Hbond substituents is 1.